The zero-order valence-corrected chi connectivity index (χ0v) is 15.3. The van der Waals surface area contributed by atoms with Crippen molar-refractivity contribution < 1.29 is 14.3 Å². The van der Waals surface area contributed by atoms with Crippen molar-refractivity contribution in [2.45, 2.75) is 31.5 Å². The molecular weight excluding hydrogens is 342 g/mol. The Hall–Kier alpha value is -2.73. The van der Waals surface area contributed by atoms with Crippen molar-refractivity contribution in [1.82, 2.24) is 10.2 Å². The number of benzene rings is 2. The zero-order valence-electron chi connectivity index (χ0n) is 15.3. The van der Waals surface area contributed by atoms with E-state index in [0.29, 0.717) is 6.61 Å². The van der Waals surface area contributed by atoms with Crippen LogP contribution in [0, 0.1) is 0 Å². The molecule has 2 amide bonds. The maximum absolute atomic E-state index is 10.9. The Morgan fingerprint density at radius 1 is 1.07 bits per heavy atom. The summed E-state index contributed by atoms with van der Waals surface area (Å²) in [5.74, 6) is 1.60. The highest BCUT2D eigenvalue weighted by molar-refractivity contribution is 5.71. The maximum Gasteiger partial charge on any atom is 0.312 e. The third-order valence-electron chi connectivity index (χ3n) is 5.20. The number of primary amides is 1. The number of ether oxygens (including phenoxy) is 2. The average molecular weight is 367 g/mol. The highest BCUT2D eigenvalue weighted by Crippen LogP contribution is 2.35. The highest BCUT2D eigenvalue weighted by Gasteiger charge is 2.23. The van der Waals surface area contributed by atoms with Crippen molar-refractivity contribution in [3.63, 3.8) is 0 Å². The fourth-order valence-electron chi connectivity index (χ4n) is 3.72. The number of hydrogen-bond acceptors (Lipinski definition) is 4. The van der Waals surface area contributed by atoms with Gasteiger partial charge < -0.3 is 20.5 Å². The molecule has 0 spiro atoms. The molecule has 4 rings (SSSR count). The number of para-hydroxylation sites is 2. The molecule has 27 heavy (non-hydrogen) atoms. The van der Waals surface area contributed by atoms with E-state index in [0.717, 1.165) is 49.5 Å². The Kier molecular flexibility index (Phi) is 5.16. The monoisotopic (exact) mass is 367 g/mol. The molecule has 2 heterocycles. The molecule has 0 unspecified atom stereocenters. The predicted molar refractivity (Wildman–Crippen MR) is 103 cm³/mol. The van der Waals surface area contributed by atoms with Gasteiger partial charge in [-0.05, 0) is 36.1 Å². The molecule has 0 radical (unpaired) electrons. The van der Waals surface area contributed by atoms with E-state index in [1.54, 1.807) is 0 Å². The summed E-state index contributed by atoms with van der Waals surface area (Å²) in [6.45, 7) is 3.36. The Morgan fingerprint density at radius 3 is 2.48 bits per heavy atom. The van der Waals surface area contributed by atoms with Gasteiger partial charge in [0, 0.05) is 25.7 Å². The molecule has 0 bridgehead atoms. The lowest BCUT2D eigenvalue weighted by molar-refractivity contribution is 0.0912. The number of fused-ring (bicyclic) bond motifs is 1. The molecule has 1 saturated heterocycles. The molecule has 142 valence electrons. The van der Waals surface area contributed by atoms with Gasteiger partial charge in [0.25, 0.3) is 0 Å². The van der Waals surface area contributed by atoms with Gasteiger partial charge >= 0.3 is 6.03 Å². The lowest BCUT2D eigenvalue weighted by atomic mass is 10.0. The van der Waals surface area contributed by atoms with Crippen LogP contribution in [-0.4, -0.2) is 36.7 Å². The number of rotatable bonds is 4. The van der Waals surface area contributed by atoms with Gasteiger partial charge in [0.05, 0.1) is 0 Å². The molecule has 1 atom stereocenters. The van der Waals surface area contributed by atoms with Gasteiger partial charge in [-0.25, -0.2) is 4.79 Å². The summed E-state index contributed by atoms with van der Waals surface area (Å²) in [7, 11) is 0. The summed E-state index contributed by atoms with van der Waals surface area (Å²) in [6.07, 6.45) is 1.80. The van der Waals surface area contributed by atoms with Gasteiger partial charge in [-0.15, -0.1) is 0 Å². The first-order chi connectivity index (χ1) is 13.2. The van der Waals surface area contributed by atoms with Crippen molar-refractivity contribution in [3.8, 4) is 11.5 Å². The first kappa shape index (κ1) is 17.7. The fraction of sp³-hybridized carbons (Fsp3) is 0.381. The molecular formula is C21H25N3O3. The molecule has 3 N–H and O–H groups in total. The van der Waals surface area contributed by atoms with Crippen LogP contribution in [0.5, 0.6) is 11.5 Å². The van der Waals surface area contributed by atoms with E-state index in [1.807, 2.05) is 24.3 Å². The number of likely N-dealkylation sites (tertiary alicyclic amines) is 1. The van der Waals surface area contributed by atoms with Crippen molar-refractivity contribution in [1.29, 1.82) is 0 Å². The molecule has 1 fully saturated rings. The van der Waals surface area contributed by atoms with Crippen LogP contribution in [0.25, 0.3) is 0 Å². The van der Waals surface area contributed by atoms with E-state index in [9.17, 15) is 4.79 Å². The smallest absolute Gasteiger partial charge is 0.312 e. The van der Waals surface area contributed by atoms with Crippen LogP contribution < -0.4 is 20.5 Å². The number of nitrogens with two attached hydrogens (primary N) is 1. The minimum absolute atomic E-state index is 0.0791. The zero-order chi connectivity index (χ0) is 18.6. The summed E-state index contributed by atoms with van der Waals surface area (Å²) >= 11 is 0. The lowest BCUT2D eigenvalue weighted by Crippen LogP contribution is -2.46. The van der Waals surface area contributed by atoms with Crippen LogP contribution in [0.1, 0.15) is 30.1 Å². The maximum atomic E-state index is 10.9. The van der Waals surface area contributed by atoms with E-state index >= 15 is 0 Å². The van der Waals surface area contributed by atoms with Crippen LogP contribution in [0.15, 0.2) is 48.5 Å². The number of nitrogens with zero attached hydrogens (tertiary/aromatic N) is 1. The summed E-state index contributed by atoms with van der Waals surface area (Å²) in [4.78, 5) is 13.4. The quantitative estimate of drug-likeness (QED) is 0.871. The molecule has 2 aromatic rings. The number of urea groups is 1. The number of hydrogen-bond donors (Lipinski definition) is 2. The third-order valence-corrected chi connectivity index (χ3v) is 5.20. The van der Waals surface area contributed by atoms with Crippen LogP contribution >= 0.6 is 0 Å². The van der Waals surface area contributed by atoms with Gasteiger partial charge in [0.1, 0.15) is 6.61 Å². The molecule has 6 nitrogen and oxygen atoms in total. The van der Waals surface area contributed by atoms with Gasteiger partial charge in [-0.3, -0.25) is 4.90 Å². The van der Waals surface area contributed by atoms with Crippen LogP contribution in [-0.2, 0) is 6.54 Å². The van der Waals surface area contributed by atoms with E-state index in [4.69, 9.17) is 15.2 Å². The third kappa shape index (κ3) is 4.34. The normalized spacial score (nSPS) is 20.2. The molecule has 0 aromatic heterocycles. The second-order valence-corrected chi connectivity index (χ2v) is 7.16. The van der Waals surface area contributed by atoms with Crippen molar-refractivity contribution in [2.75, 3.05) is 19.7 Å². The van der Waals surface area contributed by atoms with Crippen LogP contribution in [0.4, 0.5) is 4.79 Å². The first-order valence-electron chi connectivity index (χ1n) is 9.43. The molecule has 2 aliphatic rings. The Balaban J connectivity index is 1.32. The summed E-state index contributed by atoms with van der Waals surface area (Å²) in [5, 5.41) is 2.80. The summed E-state index contributed by atoms with van der Waals surface area (Å²) in [5.41, 5.74) is 7.60. The fourth-order valence-corrected chi connectivity index (χ4v) is 3.72. The predicted octanol–water partition coefficient (Wildman–Crippen LogP) is 2.83. The van der Waals surface area contributed by atoms with Gasteiger partial charge in [-0.2, -0.15) is 0 Å². The van der Waals surface area contributed by atoms with Gasteiger partial charge in [0.15, 0.2) is 17.6 Å². The second-order valence-electron chi connectivity index (χ2n) is 7.16. The van der Waals surface area contributed by atoms with Crippen LogP contribution in [0.2, 0.25) is 0 Å². The Morgan fingerprint density at radius 2 is 1.78 bits per heavy atom. The summed E-state index contributed by atoms with van der Waals surface area (Å²) in [6, 6.07) is 16.1. The van der Waals surface area contributed by atoms with Crippen molar-refractivity contribution >= 4 is 6.03 Å². The van der Waals surface area contributed by atoms with E-state index in [-0.39, 0.29) is 12.1 Å². The number of nitrogens with one attached hydrogen (secondary N) is 1. The van der Waals surface area contributed by atoms with Gasteiger partial charge in [-0.1, -0.05) is 36.4 Å². The summed E-state index contributed by atoms with van der Waals surface area (Å²) < 4.78 is 11.9. The molecule has 0 saturated carbocycles. The van der Waals surface area contributed by atoms with E-state index in [2.05, 4.69) is 34.5 Å². The largest absolute Gasteiger partial charge is 0.485 e. The van der Waals surface area contributed by atoms with E-state index < -0.39 is 6.03 Å². The minimum Gasteiger partial charge on any atom is -0.485 e. The minimum atomic E-state index is -0.430. The first-order valence-corrected chi connectivity index (χ1v) is 9.43. The van der Waals surface area contributed by atoms with Crippen molar-refractivity contribution in [2.24, 2.45) is 5.73 Å². The lowest BCUT2D eigenvalue weighted by Gasteiger charge is -2.32. The molecule has 2 aromatic carbocycles. The molecule has 2 aliphatic heterocycles. The average Bonchev–Trinajstić information content (AvgIpc) is 2.69. The highest BCUT2D eigenvalue weighted by atomic mass is 16.6. The topological polar surface area (TPSA) is 76.8 Å². The number of carbonyl (C=O) groups is 1. The second kappa shape index (κ2) is 7.88. The van der Waals surface area contributed by atoms with Gasteiger partial charge in [0.2, 0.25) is 0 Å². The standard InChI is InChI=1S/C21H25N3O3/c22-21(25)23-17-9-11-24(12-10-17)13-15-5-7-16(8-6-15)20-14-26-18-3-1-2-4-19(18)27-20/h1-8,17,20H,9-14H2,(H3,22,23,25)/t20-/m1/s1. The number of carbonyl (C=O) groups excluding carboxylic acids is 1. The molecule has 0 aliphatic carbocycles. The molecule has 6 heteroatoms. The Bertz CT molecular complexity index is 786. The SMILES string of the molecule is NC(=O)NC1CCN(Cc2ccc([C@H]3COc4ccccc4O3)cc2)CC1. The number of piperidine rings is 1. The van der Waals surface area contributed by atoms with E-state index in [1.165, 1.54) is 5.56 Å². The Labute approximate surface area is 159 Å². The van der Waals surface area contributed by atoms with Crippen molar-refractivity contribution in [3.05, 3.63) is 59.7 Å². The van der Waals surface area contributed by atoms with Crippen LogP contribution in [0.3, 0.4) is 0 Å². The number of amides is 2.